The molecule has 234 valence electrons. The van der Waals surface area contributed by atoms with Gasteiger partial charge >= 0.3 is 11.9 Å². The molecular weight excluding hydrogens is 608 g/mol. The van der Waals surface area contributed by atoms with Crippen molar-refractivity contribution in [3.05, 3.63) is 109 Å². The second-order valence-corrected chi connectivity index (χ2v) is 9.45. The number of rotatable bonds is 8. The summed E-state index contributed by atoms with van der Waals surface area (Å²) in [5, 5.41) is 18.8. The molecule has 0 aliphatic rings. The minimum Gasteiger partial charge on any atom is -0.477 e. The highest BCUT2D eigenvalue weighted by Crippen LogP contribution is 2.19. The Morgan fingerprint density at radius 2 is 1.73 bits per heavy atom. The average Bonchev–Trinajstić information content (AvgIpc) is 3.42. The zero-order chi connectivity index (χ0) is 32.1. The summed E-state index contributed by atoms with van der Waals surface area (Å²) < 4.78 is 5.70. The van der Waals surface area contributed by atoms with Crippen molar-refractivity contribution in [3.63, 3.8) is 0 Å². The van der Waals surface area contributed by atoms with Gasteiger partial charge in [0.25, 0.3) is 16.8 Å². The summed E-state index contributed by atoms with van der Waals surface area (Å²) >= 11 is 0. The Bertz CT molecular complexity index is 1950. The number of nitrogen functional groups attached to an aromatic ring is 2. The fraction of sp³-hybridized carbons (Fsp3) is 0.138. The molecule has 5 aromatic rings. The molecule has 9 N–H and O–H groups in total. The molecule has 16 heteroatoms. The number of methoxy groups -OCH3 is 1. The average molecular weight is 637 g/mol. The van der Waals surface area contributed by atoms with Gasteiger partial charge < -0.3 is 37.7 Å². The molecule has 0 spiro atoms. The number of amides is 1. The van der Waals surface area contributed by atoms with Crippen LogP contribution in [0.25, 0.3) is 5.65 Å². The van der Waals surface area contributed by atoms with Crippen LogP contribution in [0.3, 0.4) is 0 Å². The molecule has 3 aromatic carbocycles. The van der Waals surface area contributed by atoms with Gasteiger partial charge in [0.1, 0.15) is 17.1 Å². The van der Waals surface area contributed by atoms with Crippen LogP contribution >= 0.6 is 12.4 Å². The summed E-state index contributed by atoms with van der Waals surface area (Å²) in [4.78, 5) is 61.7. The summed E-state index contributed by atoms with van der Waals surface area (Å²) in [5.41, 5.74) is 18.2. The van der Waals surface area contributed by atoms with Crippen LogP contribution < -0.4 is 38.7 Å². The SMILES string of the molecule is COC(=O)c1ccc([C@H](C)NC(=O)c2cc(C(=O)O)n3ncc(N)c3n2)cc1.Cl.NCc1cccc(Nc2c(N)c(=O)c2=O)c1. The van der Waals surface area contributed by atoms with E-state index >= 15 is 0 Å². The molecule has 0 saturated carbocycles. The minimum atomic E-state index is -1.27. The number of carbonyl (C=O) groups excluding carboxylic acids is 2. The fourth-order valence-corrected chi connectivity index (χ4v) is 4.08. The first-order chi connectivity index (χ1) is 20.9. The van der Waals surface area contributed by atoms with E-state index in [9.17, 15) is 29.1 Å². The standard InChI is InChI=1S/C18H17N5O5.C11H11N3O2.ClH/c1-9(10-3-5-11(6-4-10)18(27)28-2)21-16(24)13-7-14(17(25)26)23-15(22-13)12(19)8-20-23;12-5-6-2-1-3-7(4-6)14-9-8(13)10(15)11(9)16;/h3-9H,19H2,1-2H3,(H,21,24)(H,25,26);1-4,14H,5,12-13H2;1H/t9-;;/m0../s1. The number of aromatic carboxylic acids is 1. The number of carbonyl (C=O) groups is 3. The molecule has 1 atom stereocenters. The van der Waals surface area contributed by atoms with Gasteiger partial charge in [0.15, 0.2) is 11.3 Å². The molecule has 5 rings (SSSR count). The molecule has 2 heterocycles. The highest BCUT2D eigenvalue weighted by atomic mass is 35.5. The second-order valence-electron chi connectivity index (χ2n) is 9.45. The summed E-state index contributed by atoms with van der Waals surface area (Å²) in [5.74, 6) is -2.30. The fourth-order valence-electron chi connectivity index (χ4n) is 4.08. The van der Waals surface area contributed by atoms with Crippen LogP contribution in [0, 0.1) is 0 Å². The van der Waals surface area contributed by atoms with E-state index in [1.165, 1.54) is 13.3 Å². The Labute approximate surface area is 261 Å². The smallest absolute Gasteiger partial charge is 0.354 e. The number of nitrogens with two attached hydrogens (primary N) is 3. The number of nitrogens with zero attached hydrogens (tertiary/aromatic N) is 3. The van der Waals surface area contributed by atoms with E-state index in [1.807, 2.05) is 12.1 Å². The number of ether oxygens (including phenoxy) is 1. The van der Waals surface area contributed by atoms with Crippen LogP contribution in [0.2, 0.25) is 0 Å². The van der Waals surface area contributed by atoms with E-state index in [2.05, 4.69) is 25.5 Å². The number of anilines is 4. The van der Waals surface area contributed by atoms with Gasteiger partial charge in [-0.2, -0.15) is 5.10 Å². The highest BCUT2D eigenvalue weighted by Gasteiger charge is 2.20. The molecule has 45 heavy (non-hydrogen) atoms. The van der Waals surface area contributed by atoms with Gasteiger partial charge in [-0.15, -0.1) is 12.4 Å². The highest BCUT2D eigenvalue weighted by molar-refractivity contribution is 5.97. The molecule has 2 aromatic heterocycles. The number of benzene rings is 2. The van der Waals surface area contributed by atoms with Crippen LogP contribution in [0.4, 0.5) is 22.7 Å². The Morgan fingerprint density at radius 3 is 2.33 bits per heavy atom. The van der Waals surface area contributed by atoms with Gasteiger partial charge in [-0.1, -0.05) is 24.3 Å². The molecule has 1 amide bonds. The van der Waals surface area contributed by atoms with Crippen molar-refractivity contribution in [3.8, 4) is 0 Å². The van der Waals surface area contributed by atoms with E-state index in [1.54, 1.807) is 43.3 Å². The number of fused-ring (bicyclic) bond motifs is 1. The number of carboxylic acid groups (broad SMARTS) is 1. The number of esters is 1. The van der Waals surface area contributed by atoms with Gasteiger partial charge in [0, 0.05) is 18.3 Å². The molecule has 0 bridgehead atoms. The Balaban J connectivity index is 0.000000276. The third-order valence-corrected chi connectivity index (χ3v) is 6.51. The lowest BCUT2D eigenvalue weighted by Crippen LogP contribution is -2.36. The lowest BCUT2D eigenvalue weighted by atomic mass is 10.1. The Hall–Kier alpha value is -5.80. The maximum Gasteiger partial charge on any atom is 0.354 e. The van der Waals surface area contributed by atoms with Crippen LogP contribution in [0.5, 0.6) is 0 Å². The van der Waals surface area contributed by atoms with Gasteiger partial charge in [0.2, 0.25) is 0 Å². The van der Waals surface area contributed by atoms with E-state index in [0.29, 0.717) is 17.8 Å². The van der Waals surface area contributed by atoms with Gasteiger partial charge in [-0.25, -0.2) is 19.1 Å². The first-order valence-electron chi connectivity index (χ1n) is 13.0. The normalized spacial score (nSPS) is 11.1. The molecule has 0 fully saturated rings. The number of hydrogen-bond donors (Lipinski definition) is 6. The predicted octanol–water partition coefficient (Wildman–Crippen LogP) is 1.78. The molecule has 0 saturated heterocycles. The molecular formula is C29H29ClN8O7. The summed E-state index contributed by atoms with van der Waals surface area (Å²) in [7, 11) is 1.29. The summed E-state index contributed by atoms with van der Waals surface area (Å²) in [6.07, 6.45) is 1.27. The van der Waals surface area contributed by atoms with Gasteiger partial charge in [-0.05, 0) is 42.3 Å². The molecule has 0 unspecified atom stereocenters. The van der Waals surface area contributed by atoms with E-state index in [-0.39, 0.29) is 46.5 Å². The third-order valence-electron chi connectivity index (χ3n) is 6.51. The van der Waals surface area contributed by atoms with Crippen molar-refractivity contribution in [1.29, 1.82) is 0 Å². The van der Waals surface area contributed by atoms with Crippen molar-refractivity contribution in [2.75, 3.05) is 23.9 Å². The Morgan fingerprint density at radius 1 is 1.04 bits per heavy atom. The first kappa shape index (κ1) is 33.7. The van der Waals surface area contributed by atoms with Crippen LogP contribution in [0.1, 0.15) is 55.4 Å². The van der Waals surface area contributed by atoms with E-state index in [4.69, 9.17) is 17.2 Å². The number of aromatic nitrogens is 3. The number of halogens is 1. The molecule has 0 aliphatic heterocycles. The lowest BCUT2D eigenvalue weighted by Gasteiger charge is -2.15. The molecule has 0 radical (unpaired) electrons. The topological polar surface area (TPSA) is 247 Å². The van der Waals surface area contributed by atoms with Crippen LogP contribution in [0.15, 0.2) is 70.4 Å². The van der Waals surface area contributed by atoms with Crippen molar-refractivity contribution < 1.29 is 24.2 Å². The molecule has 0 aliphatic carbocycles. The number of hydrogen-bond acceptors (Lipinski definition) is 12. The van der Waals surface area contributed by atoms with Crippen molar-refractivity contribution in [2.45, 2.75) is 19.5 Å². The zero-order valence-corrected chi connectivity index (χ0v) is 24.8. The Kier molecular flexibility index (Phi) is 10.6. The van der Waals surface area contributed by atoms with E-state index < -0.39 is 34.7 Å². The van der Waals surface area contributed by atoms with Crippen molar-refractivity contribution >= 4 is 58.6 Å². The lowest BCUT2D eigenvalue weighted by molar-refractivity contribution is 0.0599. The summed E-state index contributed by atoms with van der Waals surface area (Å²) in [6, 6.07) is 14.5. The van der Waals surface area contributed by atoms with Crippen molar-refractivity contribution in [2.24, 2.45) is 5.73 Å². The van der Waals surface area contributed by atoms with Crippen LogP contribution in [-0.2, 0) is 11.3 Å². The maximum absolute atomic E-state index is 12.6. The predicted molar refractivity (Wildman–Crippen MR) is 169 cm³/mol. The monoisotopic (exact) mass is 636 g/mol. The first-order valence-corrected chi connectivity index (χ1v) is 13.0. The zero-order valence-electron chi connectivity index (χ0n) is 23.9. The van der Waals surface area contributed by atoms with Crippen molar-refractivity contribution in [1.82, 2.24) is 19.9 Å². The van der Waals surface area contributed by atoms with Crippen LogP contribution in [-0.4, -0.2) is 44.7 Å². The second kappa shape index (κ2) is 14.1. The number of nitrogens with one attached hydrogen (secondary N) is 2. The number of carboxylic acids is 1. The minimum absolute atomic E-state index is 0. The molecule has 15 nitrogen and oxygen atoms in total. The van der Waals surface area contributed by atoms with Gasteiger partial charge in [0.05, 0.1) is 30.6 Å². The van der Waals surface area contributed by atoms with E-state index in [0.717, 1.165) is 21.7 Å². The van der Waals surface area contributed by atoms with Gasteiger partial charge in [-0.3, -0.25) is 14.4 Å². The summed E-state index contributed by atoms with van der Waals surface area (Å²) in [6.45, 7) is 2.16. The quantitative estimate of drug-likeness (QED) is 0.105. The third kappa shape index (κ3) is 7.23. The maximum atomic E-state index is 12.6. The largest absolute Gasteiger partial charge is 0.477 e.